The number of nitrogens with zero attached hydrogens (tertiary/aromatic N) is 2. The number of carbonyl (C=O) groups excluding carboxylic acids is 1. The van der Waals surface area contributed by atoms with Crippen molar-refractivity contribution in [1.82, 2.24) is 9.80 Å². The fourth-order valence-electron chi connectivity index (χ4n) is 3.58. The van der Waals surface area contributed by atoms with E-state index in [1.54, 1.807) is 0 Å². The van der Waals surface area contributed by atoms with Crippen molar-refractivity contribution in [1.29, 1.82) is 0 Å². The second-order valence-electron chi connectivity index (χ2n) is 6.78. The maximum atomic E-state index is 12.8. The number of aliphatic carboxylic acids is 1. The van der Waals surface area contributed by atoms with Crippen LogP contribution in [-0.2, 0) is 20.7 Å². The molecule has 2 aliphatic heterocycles. The van der Waals surface area contributed by atoms with E-state index in [4.69, 9.17) is 9.84 Å². The minimum absolute atomic E-state index is 0.00432. The summed E-state index contributed by atoms with van der Waals surface area (Å²) in [5, 5.41) is 9.11. The lowest BCUT2D eigenvalue weighted by Crippen LogP contribution is -2.47. The Morgan fingerprint density at radius 1 is 1.21 bits per heavy atom. The zero-order valence-corrected chi connectivity index (χ0v) is 14.0. The van der Waals surface area contributed by atoms with Gasteiger partial charge in [-0.15, -0.1) is 0 Å². The first kappa shape index (κ1) is 16.9. The van der Waals surface area contributed by atoms with Gasteiger partial charge in [0.2, 0.25) is 5.91 Å². The van der Waals surface area contributed by atoms with Gasteiger partial charge in [-0.1, -0.05) is 24.3 Å². The quantitative estimate of drug-likeness (QED) is 0.882. The molecule has 0 saturated carbocycles. The molecule has 2 atom stereocenters. The lowest BCUT2D eigenvalue weighted by Gasteiger charge is -2.30. The van der Waals surface area contributed by atoms with E-state index < -0.39 is 5.97 Å². The zero-order valence-electron chi connectivity index (χ0n) is 14.0. The molecule has 1 aromatic rings. The van der Waals surface area contributed by atoms with Crippen LogP contribution in [0.15, 0.2) is 24.3 Å². The number of hydrogen-bond donors (Lipinski definition) is 1. The maximum Gasteiger partial charge on any atom is 0.317 e. The molecule has 6 nitrogen and oxygen atoms in total. The monoisotopic (exact) mass is 332 g/mol. The molecule has 0 radical (unpaired) electrons. The smallest absolute Gasteiger partial charge is 0.317 e. The number of rotatable bonds is 4. The molecule has 0 aromatic heterocycles. The number of hydrogen-bond acceptors (Lipinski definition) is 4. The summed E-state index contributed by atoms with van der Waals surface area (Å²) in [7, 11) is 0. The van der Waals surface area contributed by atoms with Crippen LogP contribution in [0.4, 0.5) is 0 Å². The molecule has 3 rings (SSSR count). The molecule has 1 amide bonds. The molecule has 1 aromatic carbocycles. The van der Waals surface area contributed by atoms with Gasteiger partial charge in [-0.05, 0) is 18.1 Å². The Morgan fingerprint density at radius 2 is 2.00 bits per heavy atom. The molecular weight excluding hydrogens is 308 g/mol. The van der Waals surface area contributed by atoms with Crippen molar-refractivity contribution < 1.29 is 19.4 Å². The standard InChI is InChI=1S/C18H24N2O4/c1-13-4-2-3-5-15(13)6-17(21)20-8-14-7-19(10-18(22)23)16(9-20)12-24-11-14/h2-5,14,16H,6-12H2,1H3,(H,22,23)/t14-,16+/m1/s1. The molecule has 130 valence electrons. The molecule has 0 aliphatic carbocycles. The number of carbonyl (C=O) groups is 2. The third kappa shape index (κ3) is 3.94. The molecule has 6 heteroatoms. The SMILES string of the molecule is Cc1ccccc1CC(=O)N1C[C@@H]2COC[C@H](C1)N(CC(=O)O)C2. The average molecular weight is 332 g/mol. The van der Waals surface area contributed by atoms with Gasteiger partial charge in [0, 0.05) is 25.6 Å². The second kappa shape index (κ2) is 7.32. The van der Waals surface area contributed by atoms with Crippen LogP contribution in [0.1, 0.15) is 11.1 Å². The van der Waals surface area contributed by atoms with Crippen LogP contribution in [0.3, 0.4) is 0 Å². The first-order chi connectivity index (χ1) is 11.5. The van der Waals surface area contributed by atoms with Gasteiger partial charge in [-0.2, -0.15) is 0 Å². The number of ether oxygens (including phenoxy) is 1. The Kier molecular flexibility index (Phi) is 5.16. The highest BCUT2D eigenvalue weighted by Crippen LogP contribution is 2.20. The predicted molar refractivity (Wildman–Crippen MR) is 88.8 cm³/mol. The number of amides is 1. The van der Waals surface area contributed by atoms with Crippen LogP contribution in [0.25, 0.3) is 0 Å². The second-order valence-corrected chi connectivity index (χ2v) is 6.78. The molecule has 24 heavy (non-hydrogen) atoms. The van der Waals surface area contributed by atoms with Crippen molar-refractivity contribution in [3.63, 3.8) is 0 Å². The van der Waals surface area contributed by atoms with E-state index in [0.29, 0.717) is 39.3 Å². The van der Waals surface area contributed by atoms with Crippen molar-refractivity contribution in [3.8, 4) is 0 Å². The minimum atomic E-state index is -0.833. The van der Waals surface area contributed by atoms with E-state index in [9.17, 15) is 9.59 Å². The van der Waals surface area contributed by atoms with Crippen LogP contribution in [0.2, 0.25) is 0 Å². The number of fused-ring (bicyclic) bond motifs is 3. The molecule has 0 spiro atoms. The van der Waals surface area contributed by atoms with Gasteiger partial charge in [-0.25, -0.2) is 0 Å². The van der Waals surface area contributed by atoms with Crippen LogP contribution in [0.5, 0.6) is 0 Å². The van der Waals surface area contributed by atoms with Crippen LogP contribution in [0, 0.1) is 12.8 Å². The molecule has 2 saturated heterocycles. The first-order valence-corrected chi connectivity index (χ1v) is 8.39. The Labute approximate surface area is 142 Å². The molecule has 2 fully saturated rings. The summed E-state index contributed by atoms with van der Waals surface area (Å²) in [6.07, 6.45) is 0.395. The molecule has 2 heterocycles. The van der Waals surface area contributed by atoms with Gasteiger partial charge in [0.15, 0.2) is 0 Å². The minimum Gasteiger partial charge on any atom is -0.480 e. The summed E-state index contributed by atoms with van der Waals surface area (Å²) in [6.45, 7) is 4.93. The number of aryl methyl sites for hydroxylation is 1. The third-order valence-corrected chi connectivity index (χ3v) is 4.88. The normalized spacial score (nSPS) is 24.5. The summed E-state index contributed by atoms with van der Waals surface area (Å²) in [4.78, 5) is 27.7. The molecule has 2 aliphatic rings. The number of benzene rings is 1. The summed E-state index contributed by atoms with van der Waals surface area (Å²) in [6, 6.07) is 7.89. The summed E-state index contributed by atoms with van der Waals surface area (Å²) >= 11 is 0. The number of carboxylic acids is 1. The maximum absolute atomic E-state index is 12.8. The lowest BCUT2D eigenvalue weighted by atomic mass is 10.0. The van der Waals surface area contributed by atoms with Crippen LogP contribution < -0.4 is 0 Å². The highest BCUT2D eigenvalue weighted by Gasteiger charge is 2.35. The molecule has 1 N–H and O–H groups in total. The topological polar surface area (TPSA) is 70.1 Å². The van der Waals surface area contributed by atoms with E-state index in [1.165, 1.54) is 0 Å². The highest BCUT2D eigenvalue weighted by atomic mass is 16.5. The zero-order chi connectivity index (χ0) is 17.1. The molecular formula is C18H24N2O4. The Balaban J connectivity index is 1.72. The van der Waals surface area contributed by atoms with E-state index in [1.807, 2.05) is 41.0 Å². The van der Waals surface area contributed by atoms with Crippen molar-refractivity contribution in [2.24, 2.45) is 5.92 Å². The molecule has 2 bridgehead atoms. The Bertz CT molecular complexity index is 619. The average Bonchev–Trinajstić information content (AvgIpc) is 2.78. The van der Waals surface area contributed by atoms with E-state index >= 15 is 0 Å². The van der Waals surface area contributed by atoms with Gasteiger partial charge in [0.1, 0.15) is 0 Å². The largest absolute Gasteiger partial charge is 0.480 e. The van der Waals surface area contributed by atoms with Crippen molar-refractivity contribution >= 4 is 11.9 Å². The van der Waals surface area contributed by atoms with Crippen molar-refractivity contribution in [2.75, 3.05) is 39.4 Å². The fraction of sp³-hybridized carbons (Fsp3) is 0.556. The van der Waals surface area contributed by atoms with Crippen LogP contribution >= 0.6 is 0 Å². The number of carboxylic acid groups (broad SMARTS) is 1. The van der Waals surface area contributed by atoms with E-state index in [-0.39, 0.29) is 24.4 Å². The van der Waals surface area contributed by atoms with Gasteiger partial charge in [-0.3, -0.25) is 14.5 Å². The predicted octanol–water partition coefficient (Wildman–Crippen LogP) is 0.781. The Hall–Kier alpha value is -1.92. The van der Waals surface area contributed by atoms with Gasteiger partial charge >= 0.3 is 5.97 Å². The van der Waals surface area contributed by atoms with Crippen molar-refractivity contribution in [2.45, 2.75) is 19.4 Å². The third-order valence-electron chi connectivity index (χ3n) is 4.88. The first-order valence-electron chi connectivity index (χ1n) is 8.39. The summed E-state index contributed by atoms with van der Waals surface area (Å²) < 4.78 is 5.67. The van der Waals surface area contributed by atoms with Gasteiger partial charge in [0.25, 0.3) is 0 Å². The van der Waals surface area contributed by atoms with Gasteiger partial charge < -0.3 is 14.7 Å². The van der Waals surface area contributed by atoms with Gasteiger partial charge in [0.05, 0.1) is 32.2 Å². The Morgan fingerprint density at radius 3 is 2.75 bits per heavy atom. The summed E-state index contributed by atoms with van der Waals surface area (Å²) in [5.41, 5.74) is 2.17. The molecule has 0 unspecified atom stereocenters. The lowest BCUT2D eigenvalue weighted by molar-refractivity contribution is -0.139. The highest BCUT2D eigenvalue weighted by molar-refractivity contribution is 5.79. The van der Waals surface area contributed by atoms with E-state index in [2.05, 4.69) is 0 Å². The summed E-state index contributed by atoms with van der Waals surface area (Å²) in [5.74, 6) is -0.559. The fourth-order valence-corrected chi connectivity index (χ4v) is 3.58. The van der Waals surface area contributed by atoms with Crippen LogP contribution in [-0.4, -0.2) is 72.2 Å². The van der Waals surface area contributed by atoms with Crippen molar-refractivity contribution in [3.05, 3.63) is 35.4 Å². The van der Waals surface area contributed by atoms with E-state index in [0.717, 1.165) is 11.1 Å².